The second kappa shape index (κ2) is 5.27. The van der Waals surface area contributed by atoms with Crippen molar-refractivity contribution in [3.05, 3.63) is 0 Å². The molecule has 0 aromatic carbocycles. The lowest BCUT2D eigenvalue weighted by atomic mass is 9.85. The van der Waals surface area contributed by atoms with Gasteiger partial charge in [0.1, 0.15) is 0 Å². The van der Waals surface area contributed by atoms with E-state index in [9.17, 15) is 0 Å². The summed E-state index contributed by atoms with van der Waals surface area (Å²) < 4.78 is 0. The van der Waals surface area contributed by atoms with Gasteiger partial charge in [-0.05, 0) is 56.9 Å². The number of nitrogens with zero attached hydrogens (tertiary/aromatic N) is 1. The van der Waals surface area contributed by atoms with Gasteiger partial charge in [-0.25, -0.2) is 0 Å². The van der Waals surface area contributed by atoms with Crippen LogP contribution < -0.4 is 5.73 Å². The van der Waals surface area contributed by atoms with Crippen molar-refractivity contribution in [2.45, 2.75) is 57.9 Å². The molecule has 2 aliphatic rings. The molecule has 2 bridgehead atoms. The summed E-state index contributed by atoms with van der Waals surface area (Å²) in [5.74, 6) is 3.06. The van der Waals surface area contributed by atoms with Crippen molar-refractivity contribution in [3.63, 3.8) is 0 Å². The standard InChI is InChI=1S/C15H30N2/c1-4-15(5-2,11-16)17(3)10-14-9-12-6-7-13(14)8-12/h12-14H,4-11,16H2,1-3H3. The van der Waals surface area contributed by atoms with E-state index < -0.39 is 0 Å². The van der Waals surface area contributed by atoms with E-state index in [1.54, 1.807) is 0 Å². The zero-order chi connectivity index (χ0) is 12.5. The van der Waals surface area contributed by atoms with Gasteiger partial charge in [0.05, 0.1) is 0 Å². The predicted molar refractivity (Wildman–Crippen MR) is 73.9 cm³/mol. The van der Waals surface area contributed by atoms with Crippen LogP contribution in [0.4, 0.5) is 0 Å². The molecular weight excluding hydrogens is 208 g/mol. The summed E-state index contributed by atoms with van der Waals surface area (Å²) in [6.07, 6.45) is 8.37. The van der Waals surface area contributed by atoms with Crippen molar-refractivity contribution in [1.29, 1.82) is 0 Å². The molecule has 2 fully saturated rings. The Morgan fingerprint density at radius 3 is 2.29 bits per heavy atom. The summed E-state index contributed by atoms with van der Waals surface area (Å²) in [6, 6.07) is 0. The van der Waals surface area contributed by atoms with Crippen molar-refractivity contribution >= 4 is 0 Å². The monoisotopic (exact) mass is 238 g/mol. The van der Waals surface area contributed by atoms with Crippen LogP contribution in [0.2, 0.25) is 0 Å². The van der Waals surface area contributed by atoms with Gasteiger partial charge in [0, 0.05) is 18.6 Å². The van der Waals surface area contributed by atoms with Crippen LogP contribution in [0.25, 0.3) is 0 Å². The highest BCUT2D eigenvalue weighted by atomic mass is 15.2. The third-order valence-electron chi connectivity index (χ3n) is 5.90. The van der Waals surface area contributed by atoms with Gasteiger partial charge in [0.15, 0.2) is 0 Å². The van der Waals surface area contributed by atoms with Crippen LogP contribution in [0.1, 0.15) is 52.4 Å². The van der Waals surface area contributed by atoms with E-state index >= 15 is 0 Å². The Morgan fingerprint density at radius 2 is 1.88 bits per heavy atom. The fourth-order valence-electron chi connectivity index (χ4n) is 4.38. The highest BCUT2D eigenvalue weighted by Gasteiger charge is 2.41. The quantitative estimate of drug-likeness (QED) is 0.771. The Labute approximate surface area is 107 Å². The fourth-order valence-corrected chi connectivity index (χ4v) is 4.38. The number of likely N-dealkylation sites (N-methyl/N-ethyl adjacent to an activating group) is 1. The van der Waals surface area contributed by atoms with E-state index in [-0.39, 0.29) is 5.54 Å². The van der Waals surface area contributed by atoms with E-state index in [4.69, 9.17) is 5.73 Å². The van der Waals surface area contributed by atoms with Crippen LogP contribution in [-0.4, -0.2) is 30.6 Å². The van der Waals surface area contributed by atoms with Crippen LogP contribution in [0.3, 0.4) is 0 Å². The van der Waals surface area contributed by atoms with E-state index in [0.717, 1.165) is 24.3 Å². The van der Waals surface area contributed by atoms with E-state index in [2.05, 4.69) is 25.8 Å². The molecule has 0 aliphatic heterocycles. The number of rotatable bonds is 6. The molecule has 17 heavy (non-hydrogen) atoms. The molecule has 2 N–H and O–H groups in total. The van der Waals surface area contributed by atoms with Gasteiger partial charge in [-0.2, -0.15) is 0 Å². The van der Waals surface area contributed by atoms with Crippen LogP contribution in [0, 0.1) is 17.8 Å². The summed E-state index contributed by atoms with van der Waals surface area (Å²) >= 11 is 0. The highest BCUT2D eigenvalue weighted by molar-refractivity contribution is 4.94. The maximum atomic E-state index is 6.04. The minimum Gasteiger partial charge on any atom is -0.329 e. The van der Waals surface area contributed by atoms with Crippen molar-refractivity contribution < 1.29 is 0 Å². The van der Waals surface area contributed by atoms with Gasteiger partial charge in [-0.15, -0.1) is 0 Å². The maximum absolute atomic E-state index is 6.04. The minimum absolute atomic E-state index is 0.252. The first kappa shape index (κ1) is 13.4. The van der Waals surface area contributed by atoms with Gasteiger partial charge < -0.3 is 5.73 Å². The smallest absolute Gasteiger partial charge is 0.0323 e. The fraction of sp³-hybridized carbons (Fsp3) is 1.00. The summed E-state index contributed by atoms with van der Waals surface area (Å²) in [5, 5.41) is 0. The third kappa shape index (κ3) is 2.39. The van der Waals surface area contributed by atoms with Crippen LogP contribution in [0.15, 0.2) is 0 Å². The normalized spacial score (nSPS) is 32.6. The summed E-state index contributed by atoms with van der Waals surface area (Å²) in [7, 11) is 2.30. The molecular formula is C15H30N2. The molecule has 2 rings (SSSR count). The van der Waals surface area contributed by atoms with Gasteiger partial charge in [-0.1, -0.05) is 20.3 Å². The average molecular weight is 238 g/mol. The molecule has 0 saturated heterocycles. The summed E-state index contributed by atoms with van der Waals surface area (Å²) in [6.45, 7) is 6.65. The van der Waals surface area contributed by atoms with E-state index in [0.29, 0.717) is 0 Å². The van der Waals surface area contributed by atoms with Crippen molar-refractivity contribution in [1.82, 2.24) is 4.90 Å². The Morgan fingerprint density at radius 1 is 1.18 bits per heavy atom. The first-order chi connectivity index (χ1) is 8.15. The van der Waals surface area contributed by atoms with E-state index in [1.165, 1.54) is 45.1 Å². The second-order valence-corrected chi connectivity index (χ2v) is 6.45. The molecule has 2 aliphatic carbocycles. The third-order valence-corrected chi connectivity index (χ3v) is 5.90. The molecule has 3 unspecified atom stereocenters. The largest absolute Gasteiger partial charge is 0.329 e. The zero-order valence-corrected chi connectivity index (χ0v) is 11.9. The molecule has 0 aromatic heterocycles. The zero-order valence-electron chi connectivity index (χ0n) is 11.9. The molecule has 0 heterocycles. The highest BCUT2D eigenvalue weighted by Crippen LogP contribution is 2.48. The minimum atomic E-state index is 0.252. The number of nitrogens with two attached hydrogens (primary N) is 1. The SMILES string of the molecule is CCC(CC)(CN)N(C)CC1CC2CCC1C2. The van der Waals surface area contributed by atoms with Gasteiger partial charge in [-0.3, -0.25) is 4.90 Å². The van der Waals surface area contributed by atoms with Crippen LogP contribution in [-0.2, 0) is 0 Å². The molecule has 0 aromatic rings. The Bertz CT molecular complexity index is 239. The number of hydrogen-bond acceptors (Lipinski definition) is 2. The Balaban J connectivity index is 1.93. The molecule has 3 atom stereocenters. The topological polar surface area (TPSA) is 29.3 Å². The van der Waals surface area contributed by atoms with Crippen LogP contribution in [0.5, 0.6) is 0 Å². The molecule has 2 heteroatoms. The Kier molecular flexibility index (Phi) is 4.14. The van der Waals surface area contributed by atoms with Gasteiger partial charge in [0.25, 0.3) is 0 Å². The lowest BCUT2D eigenvalue weighted by molar-refractivity contribution is 0.0832. The number of hydrogen-bond donors (Lipinski definition) is 1. The van der Waals surface area contributed by atoms with Gasteiger partial charge in [0.2, 0.25) is 0 Å². The molecule has 2 nitrogen and oxygen atoms in total. The second-order valence-electron chi connectivity index (χ2n) is 6.45. The molecule has 100 valence electrons. The van der Waals surface area contributed by atoms with Crippen molar-refractivity contribution in [2.75, 3.05) is 20.1 Å². The molecule has 2 saturated carbocycles. The first-order valence-corrected chi connectivity index (χ1v) is 7.56. The molecule has 0 spiro atoms. The molecule has 0 radical (unpaired) electrons. The lowest BCUT2D eigenvalue weighted by Crippen LogP contribution is -2.53. The summed E-state index contributed by atoms with van der Waals surface area (Å²) in [4.78, 5) is 2.58. The predicted octanol–water partition coefficient (Wildman–Crippen LogP) is 2.87. The maximum Gasteiger partial charge on any atom is 0.0323 e. The first-order valence-electron chi connectivity index (χ1n) is 7.56. The van der Waals surface area contributed by atoms with E-state index in [1.807, 2.05) is 0 Å². The van der Waals surface area contributed by atoms with Gasteiger partial charge >= 0.3 is 0 Å². The van der Waals surface area contributed by atoms with Crippen molar-refractivity contribution in [3.8, 4) is 0 Å². The number of fused-ring (bicyclic) bond motifs is 2. The summed E-state index contributed by atoms with van der Waals surface area (Å²) in [5.41, 5.74) is 6.29. The Hall–Kier alpha value is -0.0800. The molecule has 0 amide bonds. The van der Waals surface area contributed by atoms with Crippen molar-refractivity contribution in [2.24, 2.45) is 23.5 Å². The average Bonchev–Trinajstić information content (AvgIpc) is 2.94. The van der Waals surface area contributed by atoms with Crippen LogP contribution >= 0.6 is 0 Å². The lowest BCUT2D eigenvalue weighted by Gasteiger charge is -2.42.